The molecule has 3 aromatic rings. The van der Waals surface area contributed by atoms with Gasteiger partial charge >= 0.3 is 16.4 Å². The first kappa shape index (κ1) is 32.3. The van der Waals surface area contributed by atoms with E-state index in [0.29, 0.717) is 29.7 Å². The zero-order valence-electron chi connectivity index (χ0n) is 23.2. The number of oxime groups is 1. The topological polar surface area (TPSA) is 271 Å². The molecule has 4 rings (SSSR count). The first-order valence-electron chi connectivity index (χ1n) is 12.7. The molecule has 44 heavy (non-hydrogen) atoms. The molecule has 18 nitrogen and oxygen atoms in total. The lowest BCUT2D eigenvalue weighted by molar-refractivity contribution is -0.218. The number of aromatic nitrogens is 2. The Hall–Kier alpha value is -4.63. The third-order valence-electron chi connectivity index (χ3n) is 6.22. The summed E-state index contributed by atoms with van der Waals surface area (Å²) in [6, 6.07) is 5.45. The molecular weight excluding hydrogens is 624 g/mol. The Kier molecular flexibility index (Phi) is 9.49. The number of thiazole rings is 1. The molecule has 3 heterocycles. The molecule has 1 aromatic carbocycles. The van der Waals surface area contributed by atoms with Gasteiger partial charge in [-0.2, -0.15) is 13.5 Å². The monoisotopic (exact) mass is 652 g/mol. The summed E-state index contributed by atoms with van der Waals surface area (Å²) in [4.78, 5) is 51.0. The number of anilines is 2. The van der Waals surface area contributed by atoms with Crippen molar-refractivity contribution in [3.63, 3.8) is 0 Å². The predicted octanol–water partition coefficient (Wildman–Crippen LogP) is -0.263. The number of carbonyl (C=O) groups is 3. The van der Waals surface area contributed by atoms with Gasteiger partial charge < -0.3 is 36.8 Å². The summed E-state index contributed by atoms with van der Waals surface area (Å²) >= 11 is 0.954. The Bertz CT molecular complexity index is 1710. The number of nitrogen functional groups attached to an aromatic ring is 1. The Morgan fingerprint density at radius 1 is 1.30 bits per heavy atom. The van der Waals surface area contributed by atoms with Crippen molar-refractivity contribution in [2.24, 2.45) is 10.9 Å². The average molecular weight is 653 g/mol. The molecule has 1 aliphatic heterocycles. The number of aliphatic carboxylic acids is 1. The molecule has 20 heteroatoms. The standard InChI is InChI=1S/C24H28N8O10S2/c1-24(2)18(21(34)32(24)42-44(37,38)39)30-20(33)17(15-11-43-23(26)29-15)31-41-16(22(35)36)10-40-13-3-4-14-12(9-13)5-7-27-19(14)28-8-6-25/h3-5,7,9,11,16,18H,6,8,10,25H2,1-2H3,(H2,26,29)(H,27,28)(H,30,33)(H,35,36)(H,37,38,39)/b31-17-/t16-,18?/m0/s1. The number of nitrogens with one attached hydrogen (secondary N) is 2. The van der Waals surface area contributed by atoms with Gasteiger partial charge in [0.15, 0.2) is 10.8 Å². The highest BCUT2D eigenvalue weighted by atomic mass is 32.3. The van der Waals surface area contributed by atoms with E-state index in [-0.39, 0.29) is 10.8 Å². The third kappa shape index (κ3) is 7.29. The van der Waals surface area contributed by atoms with Crippen LogP contribution in [0.1, 0.15) is 19.5 Å². The minimum Gasteiger partial charge on any atom is -0.489 e. The lowest BCUT2D eigenvalue weighted by Crippen LogP contribution is -2.76. The van der Waals surface area contributed by atoms with Gasteiger partial charge in [-0.25, -0.2) is 14.8 Å². The Labute approximate surface area is 253 Å². The molecule has 1 fully saturated rings. The Balaban J connectivity index is 1.49. The molecule has 2 atom stereocenters. The van der Waals surface area contributed by atoms with Gasteiger partial charge in [0, 0.05) is 30.1 Å². The number of β-lactam (4-membered cyclic amide) rings is 1. The van der Waals surface area contributed by atoms with Gasteiger partial charge in [-0.3, -0.25) is 14.1 Å². The first-order chi connectivity index (χ1) is 20.7. The SMILES string of the molecule is CC1(C)C(NC(=O)/C(=N\O[C@@H](COc2ccc3c(NCCN)nccc3c2)C(=O)O)c2csc(N)n2)C(=O)N1OS(=O)(=O)O. The number of pyridine rings is 1. The van der Waals surface area contributed by atoms with Crippen LogP contribution in [-0.2, 0) is 33.9 Å². The number of fused-ring (bicyclic) bond motifs is 1. The van der Waals surface area contributed by atoms with Crippen molar-refractivity contribution in [1.29, 1.82) is 0 Å². The van der Waals surface area contributed by atoms with Gasteiger partial charge in [-0.05, 0) is 43.5 Å². The summed E-state index contributed by atoms with van der Waals surface area (Å²) in [5.74, 6) is -2.54. The molecule has 0 spiro atoms. The summed E-state index contributed by atoms with van der Waals surface area (Å²) in [5, 5.41) is 22.2. The van der Waals surface area contributed by atoms with Crippen molar-refractivity contribution in [1.82, 2.24) is 20.3 Å². The highest BCUT2D eigenvalue weighted by molar-refractivity contribution is 7.80. The maximum Gasteiger partial charge on any atom is 0.418 e. The van der Waals surface area contributed by atoms with E-state index >= 15 is 0 Å². The molecule has 2 amide bonds. The minimum atomic E-state index is -5.02. The van der Waals surface area contributed by atoms with Crippen molar-refractivity contribution in [2.45, 2.75) is 31.5 Å². The average Bonchev–Trinajstić information content (AvgIpc) is 3.39. The summed E-state index contributed by atoms with van der Waals surface area (Å²) < 4.78 is 41.0. The first-order valence-corrected chi connectivity index (χ1v) is 14.9. The number of carboxylic acid groups (broad SMARTS) is 1. The van der Waals surface area contributed by atoms with Crippen LogP contribution in [0.15, 0.2) is 41.0 Å². The summed E-state index contributed by atoms with van der Waals surface area (Å²) in [6.45, 7) is 3.14. The number of hydroxylamine groups is 2. The van der Waals surface area contributed by atoms with Gasteiger partial charge in [-0.1, -0.05) is 5.16 Å². The van der Waals surface area contributed by atoms with Crippen LogP contribution in [0, 0.1) is 0 Å². The van der Waals surface area contributed by atoms with Crippen molar-refractivity contribution >= 4 is 67.0 Å². The lowest BCUT2D eigenvalue weighted by Gasteiger charge is -2.50. The number of hydrogen-bond donors (Lipinski definition) is 6. The number of ether oxygens (including phenoxy) is 1. The molecule has 236 valence electrons. The summed E-state index contributed by atoms with van der Waals surface area (Å²) in [5.41, 5.74) is 9.18. The molecular formula is C24H28N8O10S2. The number of nitrogens with zero attached hydrogens (tertiary/aromatic N) is 4. The van der Waals surface area contributed by atoms with Gasteiger partial charge in [0.1, 0.15) is 29.9 Å². The predicted molar refractivity (Wildman–Crippen MR) is 156 cm³/mol. The van der Waals surface area contributed by atoms with Gasteiger partial charge in [0.05, 0.1) is 5.54 Å². The molecule has 0 saturated carbocycles. The molecule has 1 saturated heterocycles. The lowest BCUT2D eigenvalue weighted by atomic mass is 9.84. The quantitative estimate of drug-likeness (QED) is 0.0566. The number of amides is 2. The van der Waals surface area contributed by atoms with Gasteiger partial charge in [-0.15, -0.1) is 15.6 Å². The van der Waals surface area contributed by atoms with Crippen molar-refractivity contribution in [3.05, 3.63) is 41.5 Å². The maximum atomic E-state index is 13.2. The second kappa shape index (κ2) is 12.9. The zero-order valence-corrected chi connectivity index (χ0v) is 24.8. The van der Waals surface area contributed by atoms with E-state index in [9.17, 15) is 27.9 Å². The molecule has 1 unspecified atom stereocenters. The van der Waals surface area contributed by atoms with Crippen LogP contribution in [0.25, 0.3) is 10.8 Å². The fourth-order valence-electron chi connectivity index (χ4n) is 4.03. The summed E-state index contributed by atoms with van der Waals surface area (Å²) in [7, 11) is -5.02. The van der Waals surface area contributed by atoms with E-state index < -0.39 is 58.2 Å². The normalized spacial score (nSPS) is 17.1. The van der Waals surface area contributed by atoms with Crippen LogP contribution in [0.5, 0.6) is 5.75 Å². The van der Waals surface area contributed by atoms with Crippen LogP contribution in [0.3, 0.4) is 0 Å². The van der Waals surface area contributed by atoms with Crippen LogP contribution in [0.4, 0.5) is 10.9 Å². The summed E-state index contributed by atoms with van der Waals surface area (Å²) in [6.07, 6.45) is -0.0954. The fourth-order valence-corrected chi connectivity index (χ4v) is 5.03. The molecule has 0 bridgehead atoms. The molecule has 2 aromatic heterocycles. The van der Waals surface area contributed by atoms with Crippen molar-refractivity contribution in [3.8, 4) is 5.75 Å². The number of carbonyl (C=O) groups excluding carboxylic acids is 2. The second-order valence-corrected chi connectivity index (χ2v) is 11.6. The number of carboxylic acids is 1. The number of hydrogen-bond acceptors (Lipinski definition) is 15. The molecule has 0 aliphatic carbocycles. The fraction of sp³-hybridized carbons (Fsp3) is 0.333. The zero-order chi connectivity index (χ0) is 32.2. The van der Waals surface area contributed by atoms with Crippen LogP contribution < -0.4 is 26.8 Å². The smallest absolute Gasteiger partial charge is 0.418 e. The highest BCUT2D eigenvalue weighted by Gasteiger charge is 2.58. The molecule has 8 N–H and O–H groups in total. The van der Waals surface area contributed by atoms with E-state index in [1.165, 1.54) is 19.2 Å². The number of benzene rings is 1. The van der Waals surface area contributed by atoms with Crippen LogP contribution in [-0.4, -0.2) is 94.0 Å². The maximum absolute atomic E-state index is 13.2. The van der Waals surface area contributed by atoms with E-state index in [1.807, 2.05) is 0 Å². The second-order valence-electron chi connectivity index (χ2n) is 9.71. The third-order valence-corrected chi connectivity index (χ3v) is 7.23. The number of rotatable bonds is 14. The van der Waals surface area contributed by atoms with E-state index in [2.05, 4.69) is 30.0 Å². The Morgan fingerprint density at radius 2 is 2.05 bits per heavy atom. The molecule has 0 radical (unpaired) electrons. The van der Waals surface area contributed by atoms with Gasteiger partial charge in [0.25, 0.3) is 17.9 Å². The van der Waals surface area contributed by atoms with Crippen LogP contribution >= 0.6 is 11.3 Å². The van der Waals surface area contributed by atoms with E-state index in [4.69, 9.17) is 25.6 Å². The minimum absolute atomic E-state index is 0.0549. The highest BCUT2D eigenvalue weighted by Crippen LogP contribution is 2.33. The van der Waals surface area contributed by atoms with Crippen molar-refractivity contribution < 1.29 is 46.3 Å². The Morgan fingerprint density at radius 3 is 2.66 bits per heavy atom. The van der Waals surface area contributed by atoms with E-state index in [1.54, 1.807) is 30.5 Å². The van der Waals surface area contributed by atoms with Crippen molar-refractivity contribution in [2.75, 3.05) is 30.7 Å². The van der Waals surface area contributed by atoms with E-state index in [0.717, 1.165) is 22.1 Å². The van der Waals surface area contributed by atoms with Crippen LogP contribution in [0.2, 0.25) is 0 Å². The number of nitrogens with two attached hydrogens (primary N) is 2. The molecule has 1 aliphatic rings. The largest absolute Gasteiger partial charge is 0.489 e. The van der Waals surface area contributed by atoms with Gasteiger partial charge in [0.2, 0.25) is 0 Å².